The number of rotatable bonds is 4. The molecule has 2 aliphatic carbocycles. The molecule has 1 aliphatic heterocycles. The molecule has 0 spiro atoms. The van der Waals surface area contributed by atoms with Crippen molar-refractivity contribution in [1.82, 2.24) is 9.97 Å². The third-order valence-electron chi connectivity index (χ3n) is 4.55. The summed E-state index contributed by atoms with van der Waals surface area (Å²) in [6.07, 6.45) is 5.59. The first-order chi connectivity index (χ1) is 9.70. The summed E-state index contributed by atoms with van der Waals surface area (Å²) in [4.78, 5) is 22.6. The molecule has 2 heterocycles. The SMILES string of the molecule is O=C(O)[C@H]1CCN(c2cc(C3CC3)nc(C3CC3)n2)C1. The first-order valence-electron chi connectivity index (χ1n) is 7.57. The van der Waals surface area contributed by atoms with E-state index < -0.39 is 5.97 Å². The highest BCUT2D eigenvalue weighted by atomic mass is 16.4. The van der Waals surface area contributed by atoms with Gasteiger partial charge in [-0.1, -0.05) is 0 Å². The van der Waals surface area contributed by atoms with Crippen LogP contribution in [0, 0.1) is 5.92 Å². The predicted octanol–water partition coefficient (Wildman–Crippen LogP) is 2.14. The number of carboxylic acid groups (broad SMARTS) is 1. The van der Waals surface area contributed by atoms with Crippen LogP contribution in [0.4, 0.5) is 5.82 Å². The first kappa shape index (κ1) is 12.1. The van der Waals surface area contributed by atoms with Gasteiger partial charge in [0.25, 0.3) is 0 Å². The van der Waals surface area contributed by atoms with Crippen molar-refractivity contribution in [2.45, 2.75) is 43.9 Å². The highest BCUT2D eigenvalue weighted by Gasteiger charge is 2.34. The molecule has 5 heteroatoms. The van der Waals surface area contributed by atoms with Gasteiger partial charge in [-0.2, -0.15) is 0 Å². The first-order valence-corrected chi connectivity index (χ1v) is 7.57. The van der Waals surface area contributed by atoms with Crippen LogP contribution >= 0.6 is 0 Å². The van der Waals surface area contributed by atoms with Gasteiger partial charge in [0.2, 0.25) is 0 Å². The quantitative estimate of drug-likeness (QED) is 0.910. The molecule has 2 saturated carbocycles. The van der Waals surface area contributed by atoms with Crippen molar-refractivity contribution < 1.29 is 9.90 Å². The molecule has 3 aliphatic rings. The molecule has 0 aromatic carbocycles. The minimum atomic E-state index is -0.689. The summed E-state index contributed by atoms with van der Waals surface area (Å²) in [5, 5.41) is 9.12. The molecule has 1 atom stereocenters. The minimum Gasteiger partial charge on any atom is -0.481 e. The molecule has 0 radical (unpaired) electrons. The third kappa shape index (κ3) is 2.25. The van der Waals surface area contributed by atoms with E-state index in [1.807, 2.05) is 0 Å². The number of aliphatic carboxylic acids is 1. The largest absolute Gasteiger partial charge is 0.481 e. The summed E-state index contributed by atoms with van der Waals surface area (Å²) < 4.78 is 0. The highest BCUT2D eigenvalue weighted by Crippen LogP contribution is 2.43. The average Bonchev–Trinajstić information content (AvgIpc) is 3.34. The summed E-state index contributed by atoms with van der Waals surface area (Å²) in [7, 11) is 0. The molecular formula is C15H19N3O2. The smallest absolute Gasteiger partial charge is 0.308 e. The highest BCUT2D eigenvalue weighted by molar-refractivity contribution is 5.71. The Morgan fingerprint density at radius 1 is 1.15 bits per heavy atom. The standard InChI is InChI=1S/C15H19N3O2/c19-15(20)11-5-6-18(8-11)13-7-12(9-1-2-9)16-14(17-13)10-3-4-10/h7,9-11H,1-6,8H2,(H,19,20)/t11-/m0/s1. The second-order valence-electron chi connectivity index (χ2n) is 6.33. The van der Waals surface area contributed by atoms with Crippen LogP contribution in [0.15, 0.2) is 6.07 Å². The van der Waals surface area contributed by atoms with E-state index in [4.69, 9.17) is 15.1 Å². The Kier molecular flexibility index (Phi) is 2.69. The molecule has 0 amide bonds. The molecule has 20 heavy (non-hydrogen) atoms. The predicted molar refractivity (Wildman–Crippen MR) is 73.9 cm³/mol. The van der Waals surface area contributed by atoms with E-state index in [9.17, 15) is 4.79 Å². The van der Waals surface area contributed by atoms with Crippen LogP contribution in [0.25, 0.3) is 0 Å². The Hall–Kier alpha value is -1.65. The van der Waals surface area contributed by atoms with E-state index in [1.165, 1.54) is 31.4 Å². The molecule has 0 unspecified atom stereocenters. The van der Waals surface area contributed by atoms with Gasteiger partial charge in [-0.15, -0.1) is 0 Å². The summed E-state index contributed by atoms with van der Waals surface area (Å²) >= 11 is 0. The van der Waals surface area contributed by atoms with E-state index in [-0.39, 0.29) is 5.92 Å². The van der Waals surface area contributed by atoms with E-state index >= 15 is 0 Å². The summed E-state index contributed by atoms with van der Waals surface area (Å²) in [5.74, 6) is 2.17. The van der Waals surface area contributed by atoms with Gasteiger partial charge >= 0.3 is 5.97 Å². The number of nitrogens with zero attached hydrogens (tertiary/aromatic N) is 3. The van der Waals surface area contributed by atoms with Gasteiger partial charge in [-0.3, -0.25) is 4.79 Å². The van der Waals surface area contributed by atoms with Crippen LogP contribution in [-0.2, 0) is 4.79 Å². The second-order valence-corrected chi connectivity index (χ2v) is 6.33. The topological polar surface area (TPSA) is 66.3 Å². The van der Waals surface area contributed by atoms with Gasteiger partial charge in [0.05, 0.1) is 5.92 Å². The van der Waals surface area contributed by atoms with Crippen molar-refractivity contribution >= 4 is 11.8 Å². The van der Waals surface area contributed by atoms with Gasteiger partial charge in [0.1, 0.15) is 11.6 Å². The van der Waals surface area contributed by atoms with E-state index in [2.05, 4.69) is 11.0 Å². The lowest BCUT2D eigenvalue weighted by molar-refractivity contribution is -0.140. The average molecular weight is 273 g/mol. The lowest BCUT2D eigenvalue weighted by Crippen LogP contribution is -2.24. The van der Waals surface area contributed by atoms with Crippen molar-refractivity contribution in [3.05, 3.63) is 17.6 Å². The Bertz CT molecular complexity index is 522. The Morgan fingerprint density at radius 3 is 2.50 bits per heavy atom. The molecular weight excluding hydrogens is 254 g/mol. The monoisotopic (exact) mass is 273 g/mol. The molecule has 1 aromatic heterocycles. The fraction of sp³-hybridized carbons (Fsp3) is 0.667. The summed E-state index contributed by atoms with van der Waals surface area (Å²) in [6, 6.07) is 2.09. The Balaban J connectivity index is 1.61. The molecule has 106 valence electrons. The number of aromatic nitrogens is 2. The molecule has 0 bridgehead atoms. The van der Waals surface area contributed by atoms with Crippen LogP contribution in [0.3, 0.4) is 0 Å². The maximum absolute atomic E-state index is 11.1. The van der Waals surface area contributed by atoms with Crippen molar-refractivity contribution in [2.24, 2.45) is 5.92 Å². The molecule has 1 saturated heterocycles. The van der Waals surface area contributed by atoms with E-state index in [0.29, 0.717) is 18.4 Å². The zero-order valence-corrected chi connectivity index (χ0v) is 11.5. The number of carbonyl (C=O) groups is 1. The maximum atomic E-state index is 11.1. The fourth-order valence-electron chi connectivity index (χ4n) is 2.92. The number of anilines is 1. The Morgan fingerprint density at radius 2 is 1.90 bits per heavy atom. The lowest BCUT2D eigenvalue weighted by atomic mass is 10.1. The van der Waals surface area contributed by atoms with Crippen LogP contribution in [0.5, 0.6) is 0 Å². The summed E-state index contributed by atoms with van der Waals surface area (Å²) in [5.41, 5.74) is 1.18. The van der Waals surface area contributed by atoms with Crippen LogP contribution in [-0.4, -0.2) is 34.1 Å². The molecule has 1 N–H and O–H groups in total. The normalized spacial score (nSPS) is 26.0. The van der Waals surface area contributed by atoms with Crippen molar-refractivity contribution in [3.63, 3.8) is 0 Å². The van der Waals surface area contributed by atoms with Gasteiger partial charge < -0.3 is 10.0 Å². The molecule has 1 aromatic rings. The van der Waals surface area contributed by atoms with E-state index in [0.717, 1.165) is 24.6 Å². The van der Waals surface area contributed by atoms with E-state index in [1.54, 1.807) is 0 Å². The zero-order valence-electron chi connectivity index (χ0n) is 11.5. The van der Waals surface area contributed by atoms with Crippen molar-refractivity contribution in [1.29, 1.82) is 0 Å². The van der Waals surface area contributed by atoms with Crippen molar-refractivity contribution in [2.75, 3.05) is 18.0 Å². The van der Waals surface area contributed by atoms with Gasteiger partial charge in [-0.25, -0.2) is 9.97 Å². The zero-order chi connectivity index (χ0) is 13.7. The lowest BCUT2D eigenvalue weighted by Gasteiger charge is -2.18. The number of hydrogen-bond acceptors (Lipinski definition) is 4. The molecule has 5 nitrogen and oxygen atoms in total. The number of hydrogen-bond donors (Lipinski definition) is 1. The molecule has 4 rings (SSSR count). The van der Waals surface area contributed by atoms with Crippen LogP contribution < -0.4 is 4.90 Å². The molecule has 3 fully saturated rings. The van der Waals surface area contributed by atoms with Crippen molar-refractivity contribution in [3.8, 4) is 0 Å². The van der Waals surface area contributed by atoms with Gasteiger partial charge in [-0.05, 0) is 32.1 Å². The fourth-order valence-corrected chi connectivity index (χ4v) is 2.92. The Labute approximate surface area is 118 Å². The summed E-state index contributed by atoms with van der Waals surface area (Å²) in [6.45, 7) is 1.38. The van der Waals surface area contributed by atoms with Crippen LogP contribution in [0.2, 0.25) is 0 Å². The minimum absolute atomic E-state index is 0.251. The van der Waals surface area contributed by atoms with Gasteiger partial charge in [0, 0.05) is 36.7 Å². The second kappa shape index (κ2) is 4.43. The van der Waals surface area contributed by atoms with Crippen LogP contribution in [0.1, 0.15) is 55.5 Å². The number of carboxylic acids is 1. The maximum Gasteiger partial charge on any atom is 0.308 e. The third-order valence-corrected chi connectivity index (χ3v) is 4.55. The van der Waals surface area contributed by atoms with Gasteiger partial charge in [0.15, 0.2) is 0 Å².